The van der Waals surface area contributed by atoms with E-state index in [4.69, 9.17) is 4.84 Å². The molecule has 1 aromatic carbocycles. The second kappa shape index (κ2) is 18.3. The lowest BCUT2D eigenvalue weighted by Gasteiger charge is -2.24. The number of amides is 1. The molecule has 2 aromatic heterocycles. The number of hydrazine groups is 1. The predicted octanol–water partition coefficient (Wildman–Crippen LogP) is 8.28. The van der Waals surface area contributed by atoms with Gasteiger partial charge in [0.2, 0.25) is 6.41 Å². The van der Waals surface area contributed by atoms with Crippen molar-refractivity contribution in [2.45, 2.75) is 105 Å². The number of carbonyl (C=O) groups excluding carboxylic acids is 1. The molecule has 1 amide bonds. The fraction of sp³-hybridized carbons (Fsp3) is 0.611. The van der Waals surface area contributed by atoms with Crippen molar-refractivity contribution >= 4 is 17.3 Å². The number of fused-ring (bicyclic) bond motifs is 1. The number of halogens is 3. The number of benzene rings is 1. The SMILES string of the molecule is CC.CC(C)c1ncccc1-c1c(CC(C)(C)CON=O)c2cc(C3CCN(CCCCCCNNC=O)C3)ccc2n1CC(F)(F)F. The van der Waals surface area contributed by atoms with Crippen molar-refractivity contribution in [3.8, 4) is 11.3 Å². The van der Waals surface area contributed by atoms with Crippen LogP contribution in [0.2, 0.25) is 0 Å². The molecule has 48 heavy (non-hydrogen) atoms. The third-order valence-corrected chi connectivity index (χ3v) is 8.76. The fourth-order valence-electron chi connectivity index (χ4n) is 6.66. The molecule has 0 spiro atoms. The molecule has 3 heterocycles. The molecule has 4 rings (SSSR count). The fourth-order valence-corrected chi connectivity index (χ4v) is 6.66. The van der Waals surface area contributed by atoms with E-state index in [-0.39, 0.29) is 18.4 Å². The minimum absolute atomic E-state index is 0.00632. The summed E-state index contributed by atoms with van der Waals surface area (Å²) in [5.41, 5.74) is 9.10. The lowest BCUT2D eigenvalue weighted by Crippen LogP contribution is -2.30. The Labute approximate surface area is 282 Å². The van der Waals surface area contributed by atoms with Crippen LogP contribution in [0.25, 0.3) is 22.2 Å². The minimum atomic E-state index is -4.44. The maximum Gasteiger partial charge on any atom is 0.406 e. The Bertz CT molecular complexity index is 1460. The lowest BCUT2D eigenvalue weighted by atomic mass is 9.83. The molecular formula is C36H53F3N6O3. The molecule has 12 heteroatoms. The average Bonchev–Trinajstić information content (AvgIpc) is 3.64. The number of rotatable bonds is 18. The van der Waals surface area contributed by atoms with E-state index in [1.165, 1.54) is 4.57 Å². The monoisotopic (exact) mass is 674 g/mol. The van der Waals surface area contributed by atoms with Crippen molar-refractivity contribution in [3.63, 3.8) is 0 Å². The first-order valence-electron chi connectivity index (χ1n) is 17.2. The Balaban J connectivity index is 0.00000307. The van der Waals surface area contributed by atoms with E-state index in [1.54, 1.807) is 12.3 Å². The Kier molecular flexibility index (Phi) is 14.8. The van der Waals surface area contributed by atoms with Crippen LogP contribution in [-0.2, 0) is 22.6 Å². The number of unbranched alkanes of at least 4 members (excludes halogenated alkanes) is 3. The quantitative estimate of drug-likeness (QED) is 0.0610. The molecule has 1 fully saturated rings. The second-order valence-electron chi connectivity index (χ2n) is 13.5. The summed E-state index contributed by atoms with van der Waals surface area (Å²) < 4.78 is 44.0. The van der Waals surface area contributed by atoms with Gasteiger partial charge in [-0.2, -0.15) is 13.2 Å². The molecule has 0 bridgehead atoms. The molecule has 0 radical (unpaired) electrons. The van der Waals surface area contributed by atoms with Crippen LogP contribution >= 0.6 is 0 Å². The van der Waals surface area contributed by atoms with Crippen LogP contribution in [-0.4, -0.2) is 59.8 Å². The van der Waals surface area contributed by atoms with E-state index >= 15 is 0 Å². The third kappa shape index (κ3) is 10.7. The minimum Gasteiger partial charge on any atom is -0.363 e. The van der Waals surface area contributed by atoms with Gasteiger partial charge in [-0.25, -0.2) is 5.43 Å². The summed E-state index contributed by atoms with van der Waals surface area (Å²) in [5.74, 6) is 0.277. The molecule has 1 aliphatic rings. The normalized spacial score (nSPS) is 15.4. The number of alkyl halides is 3. The van der Waals surface area contributed by atoms with Gasteiger partial charge in [0.15, 0.2) is 5.34 Å². The number of pyridine rings is 1. The van der Waals surface area contributed by atoms with Crippen LogP contribution in [0.1, 0.15) is 102 Å². The molecular weight excluding hydrogens is 621 g/mol. The summed E-state index contributed by atoms with van der Waals surface area (Å²) in [5, 5.41) is 3.37. The lowest BCUT2D eigenvalue weighted by molar-refractivity contribution is -0.139. The molecule has 1 atom stereocenters. The van der Waals surface area contributed by atoms with Gasteiger partial charge in [0.1, 0.15) is 13.2 Å². The summed E-state index contributed by atoms with van der Waals surface area (Å²) in [7, 11) is 0. The van der Waals surface area contributed by atoms with Gasteiger partial charge in [-0.3, -0.25) is 15.2 Å². The number of nitrogens with one attached hydrogen (secondary N) is 2. The largest absolute Gasteiger partial charge is 0.406 e. The molecule has 2 N–H and O–H groups in total. The van der Waals surface area contributed by atoms with Crippen molar-refractivity contribution in [1.29, 1.82) is 0 Å². The molecule has 1 unspecified atom stereocenters. The van der Waals surface area contributed by atoms with Gasteiger partial charge in [-0.05, 0) is 86.0 Å². The highest BCUT2D eigenvalue weighted by atomic mass is 19.4. The highest BCUT2D eigenvalue weighted by Crippen LogP contribution is 2.43. The Hall–Kier alpha value is -3.51. The van der Waals surface area contributed by atoms with E-state index in [2.05, 4.69) is 32.1 Å². The molecule has 1 aliphatic heterocycles. The van der Waals surface area contributed by atoms with Gasteiger partial charge in [0, 0.05) is 41.2 Å². The molecule has 9 nitrogen and oxygen atoms in total. The van der Waals surface area contributed by atoms with Gasteiger partial charge < -0.3 is 14.3 Å². The first kappa shape index (κ1) is 38.9. The second-order valence-corrected chi connectivity index (χ2v) is 13.5. The highest BCUT2D eigenvalue weighted by Gasteiger charge is 2.35. The van der Waals surface area contributed by atoms with Crippen LogP contribution in [0.4, 0.5) is 13.2 Å². The summed E-state index contributed by atoms with van der Waals surface area (Å²) in [6.07, 6.45) is 3.53. The van der Waals surface area contributed by atoms with E-state index in [9.17, 15) is 22.9 Å². The molecule has 1 saturated heterocycles. The first-order chi connectivity index (χ1) is 22.9. The number of hydrogen-bond acceptors (Lipinski definition) is 7. The van der Waals surface area contributed by atoms with Crippen molar-refractivity contribution in [3.05, 3.63) is 58.3 Å². The summed E-state index contributed by atoms with van der Waals surface area (Å²) in [6.45, 7) is 14.4. The number of likely N-dealkylation sites (tertiary alicyclic amines) is 1. The van der Waals surface area contributed by atoms with Crippen LogP contribution in [0.3, 0.4) is 0 Å². The van der Waals surface area contributed by atoms with Gasteiger partial charge in [-0.15, -0.1) is 4.91 Å². The Morgan fingerprint density at radius 3 is 2.56 bits per heavy atom. The molecule has 0 aliphatic carbocycles. The van der Waals surface area contributed by atoms with Crippen LogP contribution in [0, 0.1) is 10.3 Å². The zero-order valence-electron chi connectivity index (χ0n) is 29.3. The molecule has 266 valence electrons. The standard InChI is InChI=1S/C34H47F3N6O3.C2H6/c1-24(2)31-27(10-9-14-38-31)32-29(19-33(3,4)22-46-41-45)28-18-25(11-12-30(28)43(32)21-34(35,36)37)26-13-17-42(20-26)16-8-6-5-7-15-39-40-23-44;1-2/h9-12,14,18,23-24,26,39H,5-8,13,15-17,19-22H2,1-4H3,(H,40,44);1-2H3. The maximum atomic E-state index is 14.2. The maximum absolute atomic E-state index is 14.2. The average molecular weight is 675 g/mol. The third-order valence-electron chi connectivity index (χ3n) is 8.76. The first-order valence-corrected chi connectivity index (χ1v) is 17.2. The topological polar surface area (TPSA) is 101 Å². The van der Waals surface area contributed by atoms with Crippen LogP contribution in [0.5, 0.6) is 0 Å². The van der Waals surface area contributed by atoms with Crippen molar-refractivity contribution in [1.82, 2.24) is 25.3 Å². The Morgan fingerprint density at radius 2 is 1.88 bits per heavy atom. The van der Waals surface area contributed by atoms with E-state index in [0.717, 1.165) is 80.5 Å². The van der Waals surface area contributed by atoms with Gasteiger partial charge in [0.25, 0.3) is 0 Å². The smallest absolute Gasteiger partial charge is 0.363 e. The van der Waals surface area contributed by atoms with Gasteiger partial charge >= 0.3 is 6.18 Å². The Morgan fingerprint density at radius 1 is 1.12 bits per heavy atom. The van der Waals surface area contributed by atoms with Gasteiger partial charge in [-0.1, -0.05) is 60.5 Å². The zero-order valence-corrected chi connectivity index (χ0v) is 29.3. The van der Waals surface area contributed by atoms with Crippen molar-refractivity contribution in [2.75, 3.05) is 32.8 Å². The van der Waals surface area contributed by atoms with E-state index < -0.39 is 18.1 Å². The molecule has 0 saturated carbocycles. The summed E-state index contributed by atoms with van der Waals surface area (Å²) >= 11 is 0. The highest BCUT2D eigenvalue weighted by molar-refractivity contribution is 5.93. The number of nitrogens with zero attached hydrogens (tertiary/aromatic N) is 4. The number of aromatic nitrogens is 2. The summed E-state index contributed by atoms with van der Waals surface area (Å²) in [6, 6.07) is 9.56. The summed E-state index contributed by atoms with van der Waals surface area (Å²) in [4.78, 5) is 33.1. The van der Waals surface area contributed by atoms with Gasteiger partial charge in [0.05, 0.1) is 11.4 Å². The zero-order chi connectivity index (χ0) is 35.3. The van der Waals surface area contributed by atoms with E-state index in [0.29, 0.717) is 29.6 Å². The number of hydrogen-bond donors (Lipinski definition) is 2. The van der Waals surface area contributed by atoms with Crippen LogP contribution < -0.4 is 10.9 Å². The van der Waals surface area contributed by atoms with E-state index in [1.807, 2.05) is 59.7 Å². The predicted molar refractivity (Wildman–Crippen MR) is 185 cm³/mol. The molecule has 3 aromatic rings. The number of carbonyl (C=O) groups is 1. The van der Waals surface area contributed by atoms with Crippen molar-refractivity contribution in [2.24, 2.45) is 10.8 Å². The van der Waals surface area contributed by atoms with Crippen LogP contribution in [0.15, 0.2) is 41.9 Å². The van der Waals surface area contributed by atoms with Crippen molar-refractivity contribution < 1.29 is 22.8 Å².